The zero-order chi connectivity index (χ0) is 43.6. The Hall–Kier alpha value is -8.93. The van der Waals surface area contributed by atoms with Gasteiger partial charge >= 0.3 is 0 Å². The molecule has 66 heavy (non-hydrogen) atoms. The minimum atomic E-state index is 0.595. The van der Waals surface area contributed by atoms with Gasteiger partial charge in [-0.15, -0.1) is 0 Å². The predicted octanol–water partition coefficient (Wildman–Crippen LogP) is 16.5. The normalized spacial score (nSPS) is 11.6. The molecule has 0 bridgehead atoms. The molecule has 3 heterocycles. The number of furan rings is 2. The van der Waals surface area contributed by atoms with Crippen LogP contribution in [-0.2, 0) is 0 Å². The van der Waals surface area contributed by atoms with Crippen LogP contribution in [0.4, 0.5) is 0 Å². The molecular formula is C61H37N3O2. The first-order valence-corrected chi connectivity index (χ1v) is 22.2. The number of hydrogen-bond donors (Lipinski definition) is 0. The summed E-state index contributed by atoms with van der Waals surface area (Å²) >= 11 is 0. The highest BCUT2D eigenvalue weighted by atomic mass is 16.3. The van der Waals surface area contributed by atoms with E-state index < -0.39 is 0 Å². The van der Waals surface area contributed by atoms with E-state index in [2.05, 4.69) is 158 Å². The van der Waals surface area contributed by atoms with Gasteiger partial charge in [-0.05, 0) is 91.7 Å². The van der Waals surface area contributed by atoms with E-state index in [4.69, 9.17) is 23.8 Å². The third-order valence-electron chi connectivity index (χ3n) is 12.8. The topological polar surface area (TPSA) is 65.0 Å². The van der Waals surface area contributed by atoms with E-state index in [1.165, 1.54) is 16.5 Å². The van der Waals surface area contributed by atoms with Crippen molar-refractivity contribution in [3.8, 4) is 78.7 Å². The highest BCUT2D eigenvalue weighted by molar-refractivity contribution is 6.17. The first-order valence-electron chi connectivity index (χ1n) is 22.2. The molecule has 13 rings (SSSR count). The maximum absolute atomic E-state index is 6.57. The fourth-order valence-corrected chi connectivity index (χ4v) is 9.53. The minimum absolute atomic E-state index is 0.595. The summed E-state index contributed by atoms with van der Waals surface area (Å²) in [5, 5.41) is 6.57. The molecule has 0 N–H and O–H groups in total. The molecule has 0 saturated carbocycles. The summed E-state index contributed by atoms with van der Waals surface area (Å²) < 4.78 is 12.8. The van der Waals surface area contributed by atoms with Gasteiger partial charge in [0, 0.05) is 38.2 Å². The van der Waals surface area contributed by atoms with E-state index in [0.717, 1.165) is 99.3 Å². The van der Waals surface area contributed by atoms with Crippen molar-refractivity contribution in [1.29, 1.82) is 0 Å². The fourth-order valence-electron chi connectivity index (χ4n) is 9.53. The number of fused-ring (bicyclic) bond motifs is 7. The third kappa shape index (κ3) is 6.44. The van der Waals surface area contributed by atoms with Crippen molar-refractivity contribution < 1.29 is 8.83 Å². The molecular weight excluding hydrogens is 807 g/mol. The number of rotatable bonds is 7. The molecule has 308 valence electrons. The first-order chi connectivity index (χ1) is 32.7. The molecule has 0 amide bonds. The highest BCUT2D eigenvalue weighted by Crippen LogP contribution is 2.43. The summed E-state index contributed by atoms with van der Waals surface area (Å²) in [5.41, 5.74) is 15.3. The summed E-state index contributed by atoms with van der Waals surface area (Å²) in [6.07, 6.45) is 0. The Kier molecular flexibility index (Phi) is 8.78. The second-order valence-electron chi connectivity index (χ2n) is 16.7. The van der Waals surface area contributed by atoms with Gasteiger partial charge in [0.25, 0.3) is 0 Å². The van der Waals surface area contributed by atoms with E-state index in [0.29, 0.717) is 17.5 Å². The minimum Gasteiger partial charge on any atom is -0.456 e. The van der Waals surface area contributed by atoms with Gasteiger partial charge in [-0.3, -0.25) is 0 Å². The lowest BCUT2D eigenvalue weighted by molar-refractivity contribution is 0.668. The zero-order valence-corrected chi connectivity index (χ0v) is 35.5. The Morgan fingerprint density at radius 3 is 1.41 bits per heavy atom. The quantitative estimate of drug-likeness (QED) is 0.160. The molecule has 3 aromatic heterocycles. The molecule has 0 spiro atoms. The van der Waals surface area contributed by atoms with Gasteiger partial charge in [0.05, 0.1) is 0 Å². The van der Waals surface area contributed by atoms with E-state index in [1.54, 1.807) is 0 Å². The first kappa shape index (κ1) is 37.6. The van der Waals surface area contributed by atoms with Gasteiger partial charge in [-0.1, -0.05) is 188 Å². The smallest absolute Gasteiger partial charge is 0.164 e. The molecule has 0 aliphatic carbocycles. The lowest BCUT2D eigenvalue weighted by Crippen LogP contribution is -2.00. The van der Waals surface area contributed by atoms with Gasteiger partial charge in [0.15, 0.2) is 17.5 Å². The van der Waals surface area contributed by atoms with E-state index >= 15 is 0 Å². The largest absolute Gasteiger partial charge is 0.456 e. The van der Waals surface area contributed by atoms with Crippen LogP contribution in [0.5, 0.6) is 0 Å². The summed E-state index contributed by atoms with van der Waals surface area (Å²) in [4.78, 5) is 15.2. The van der Waals surface area contributed by atoms with Crippen LogP contribution in [0.2, 0.25) is 0 Å². The van der Waals surface area contributed by atoms with Crippen LogP contribution in [0.15, 0.2) is 233 Å². The number of benzene rings is 10. The highest BCUT2D eigenvalue weighted by Gasteiger charge is 2.20. The van der Waals surface area contributed by atoms with Crippen molar-refractivity contribution in [2.24, 2.45) is 0 Å². The van der Waals surface area contributed by atoms with Crippen LogP contribution in [0.25, 0.3) is 133 Å². The van der Waals surface area contributed by atoms with Crippen molar-refractivity contribution in [3.63, 3.8) is 0 Å². The van der Waals surface area contributed by atoms with Crippen molar-refractivity contribution in [1.82, 2.24) is 15.0 Å². The van der Waals surface area contributed by atoms with Crippen LogP contribution >= 0.6 is 0 Å². The molecule has 0 aliphatic heterocycles. The Balaban J connectivity index is 0.886. The third-order valence-corrected chi connectivity index (χ3v) is 12.8. The van der Waals surface area contributed by atoms with Crippen molar-refractivity contribution >= 4 is 54.6 Å². The fraction of sp³-hybridized carbons (Fsp3) is 0. The van der Waals surface area contributed by atoms with Gasteiger partial charge < -0.3 is 8.83 Å². The molecule has 0 aliphatic rings. The van der Waals surface area contributed by atoms with Gasteiger partial charge in [-0.2, -0.15) is 0 Å². The molecule has 0 atom stereocenters. The number of aromatic nitrogens is 3. The molecule has 0 saturated heterocycles. The van der Waals surface area contributed by atoms with Crippen molar-refractivity contribution in [3.05, 3.63) is 224 Å². The molecule has 0 unspecified atom stereocenters. The summed E-state index contributed by atoms with van der Waals surface area (Å²) in [6, 6.07) is 78.3. The lowest BCUT2D eigenvalue weighted by Gasteiger charge is -2.13. The van der Waals surface area contributed by atoms with Gasteiger partial charge in [0.2, 0.25) is 0 Å². The van der Waals surface area contributed by atoms with Crippen LogP contribution in [0.3, 0.4) is 0 Å². The van der Waals surface area contributed by atoms with Crippen molar-refractivity contribution in [2.45, 2.75) is 0 Å². The molecule has 13 aromatic rings. The van der Waals surface area contributed by atoms with Crippen LogP contribution in [0, 0.1) is 0 Å². The number of para-hydroxylation sites is 2. The molecule has 5 heteroatoms. The second kappa shape index (κ2) is 15.4. The SMILES string of the molecule is c1ccc(-c2ccc(-c3cc(-c4cccc5cc(-c6ccc(-c7nc(-c8ccccc8)nc(-c8cccc9oc%10ccccc%10c89)n7)cc6)ccc45)c4c(c3)oc3ccccc34)cc2)cc1. The van der Waals surface area contributed by atoms with Gasteiger partial charge in [0.1, 0.15) is 22.3 Å². The van der Waals surface area contributed by atoms with Crippen LogP contribution < -0.4 is 0 Å². The monoisotopic (exact) mass is 843 g/mol. The summed E-state index contributed by atoms with van der Waals surface area (Å²) in [5.74, 6) is 1.81. The van der Waals surface area contributed by atoms with E-state index in [9.17, 15) is 0 Å². The van der Waals surface area contributed by atoms with E-state index in [-0.39, 0.29) is 0 Å². The predicted molar refractivity (Wildman–Crippen MR) is 270 cm³/mol. The Bertz CT molecular complexity index is 3970. The average molecular weight is 844 g/mol. The Morgan fingerprint density at radius 1 is 0.242 bits per heavy atom. The Labute approximate surface area is 379 Å². The average Bonchev–Trinajstić information content (AvgIpc) is 3.97. The standard InChI is InChI=1S/C61H37N3O2/c1-3-13-38(14-4-1)39-25-27-41(28-26-39)46-36-52(58-50-19-8-10-23-54(50)66-56(58)37-46)48-20-11-17-45-35-44(33-34-47(45)48)40-29-31-43(32-30-40)60-62-59(42-15-5-2-6-16-42)63-61(64-60)51-21-12-24-55-57(51)49-18-7-9-22-53(49)65-55/h1-37H. The Morgan fingerprint density at radius 2 is 0.712 bits per heavy atom. The van der Waals surface area contributed by atoms with Crippen LogP contribution in [-0.4, -0.2) is 15.0 Å². The molecule has 0 fully saturated rings. The maximum atomic E-state index is 6.57. The second-order valence-corrected chi connectivity index (χ2v) is 16.7. The molecule has 0 radical (unpaired) electrons. The summed E-state index contributed by atoms with van der Waals surface area (Å²) in [6.45, 7) is 0. The lowest BCUT2D eigenvalue weighted by atomic mass is 9.90. The molecule has 10 aromatic carbocycles. The van der Waals surface area contributed by atoms with E-state index in [1.807, 2.05) is 66.7 Å². The number of hydrogen-bond acceptors (Lipinski definition) is 5. The van der Waals surface area contributed by atoms with Crippen molar-refractivity contribution in [2.75, 3.05) is 0 Å². The number of nitrogens with zero attached hydrogens (tertiary/aromatic N) is 3. The summed E-state index contributed by atoms with van der Waals surface area (Å²) in [7, 11) is 0. The zero-order valence-electron chi connectivity index (χ0n) is 35.5. The maximum Gasteiger partial charge on any atom is 0.164 e. The molecule has 5 nitrogen and oxygen atoms in total. The van der Waals surface area contributed by atoms with Crippen LogP contribution in [0.1, 0.15) is 0 Å². The van der Waals surface area contributed by atoms with Gasteiger partial charge in [-0.25, -0.2) is 15.0 Å².